The summed E-state index contributed by atoms with van der Waals surface area (Å²) in [5.74, 6) is -0.412. The van der Waals surface area contributed by atoms with E-state index in [0.29, 0.717) is 13.0 Å². The molecule has 168 valence electrons. The number of halogens is 1. The molecule has 3 aliphatic heterocycles. The molecule has 0 aliphatic carbocycles. The minimum atomic E-state index is -3.89. The van der Waals surface area contributed by atoms with Crippen molar-refractivity contribution in [2.24, 2.45) is 15.9 Å². The van der Waals surface area contributed by atoms with Crippen molar-refractivity contribution < 1.29 is 17.9 Å². The Morgan fingerprint density at radius 3 is 2.66 bits per heavy atom. The number of rotatable bonds is 3. The van der Waals surface area contributed by atoms with Gasteiger partial charge in [0.25, 0.3) is 15.2 Å². The highest BCUT2D eigenvalue weighted by Crippen LogP contribution is 2.50. The Bertz CT molecular complexity index is 1230. The van der Waals surface area contributed by atoms with E-state index in [1.54, 1.807) is 13.0 Å². The average Bonchev–Trinajstić information content (AvgIpc) is 3.41. The monoisotopic (exact) mass is 456 g/mol. The zero-order valence-corrected chi connectivity index (χ0v) is 18.7. The Hall–Kier alpha value is -2.62. The summed E-state index contributed by atoms with van der Waals surface area (Å²) in [6.07, 6.45) is 2.15. The highest BCUT2D eigenvalue weighted by Gasteiger charge is 2.51. The summed E-state index contributed by atoms with van der Waals surface area (Å²) < 4.78 is 42.3. The fourth-order valence-corrected chi connectivity index (χ4v) is 6.80. The SMILES string of the molecule is CC1C=NC(S(=O)(=O)N2CC[C@@H]3[C@@H](CO)N(C)c4ccc(-c5cccc(F)c5)cc4[C@@H]32)=N1. The van der Waals surface area contributed by atoms with Crippen LogP contribution >= 0.6 is 0 Å². The summed E-state index contributed by atoms with van der Waals surface area (Å²) in [7, 11) is -1.97. The Morgan fingerprint density at radius 2 is 1.97 bits per heavy atom. The number of aliphatic hydroxyl groups excluding tert-OH is 1. The standard InChI is InChI=1S/C23H25FN4O3S/c1-14-12-25-23(26-14)32(30,31)28-9-8-18-21(13-29)27(2)20-7-6-16(11-19(20)22(18)28)15-4-3-5-17(24)10-15/h3-7,10-12,14,18,21-22,29H,8-9,13H2,1-2H3/t14?,18-,21-,22-/m1/s1. The number of fused-ring (bicyclic) bond motifs is 3. The van der Waals surface area contributed by atoms with Crippen LogP contribution < -0.4 is 4.90 Å². The molecule has 2 aromatic carbocycles. The molecule has 4 atom stereocenters. The first-order valence-electron chi connectivity index (χ1n) is 10.7. The fourth-order valence-electron chi connectivity index (χ4n) is 5.18. The molecular formula is C23H25FN4O3S. The number of sulfonamides is 1. The van der Waals surface area contributed by atoms with Crippen molar-refractivity contribution in [3.05, 3.63) is 53.8 Å². The zero-order chi connectivity index (χ0) is 22.6. The van der Waals surface area contributed by atoms with Crippen molar-refractivity contribution in [2.75, 3.05) is 25.1 Å². The van der Waals surface area contributed by atoms with Gasteiger partial charge in [0.05, 0.1) is 24.7 Å². The highest BCUT2D eigenvalue weighted by atomic mass is 32.2. The number of hydrogen-bond acceptors (Lipinski definition) is 6. The van der Waals surface area contributed by atoms with Gasteiger partial charge >= 0.3 is 0 Å². The zero-order valence-electron chi connectivity index (χ0n) is 17.9. The van der Waals surface area contributed by atoms with Crippen LogP contribution in [0.2, 0.25) is 0 Å². The van der Waals surface area contributed by atoms with E-state index in [9.17, 15) is 17.9 Å². The second kappa shape index (κ2) is 7.75. The average molecular weight is 457 g/mol. The summed E-state index contributed by atoms with van der Waals surface area (Å²) in [5.41, 5.74) is 3.24. The summed E-state index contributed by atoms with van der Waals surface area (Å²) in [6, 6.07) is 11.2. The van der Waals surface area contributed by atoms with E-state index in [4.69, 9.17) is 0 Å². The Kier molecular flexibility index (Phi) is 5.15. The van der Waals surface area contributed by atoms with Crippen molar-refractivity contribution in [1.82, 2.24) is 4.31 Å². The lowest BCUT2D eigenvalue weighted by molar-refractivity contribution is 0.193. The smallest absolute Gasteiger partial charge is 0.278 e. The number of amidine groups is 1. The Morgan fingerprint density at radius 1 is 1.19 bits per heavy atom. The predicted molar refractivity (Wildman–Crippen MR) is 123 cm³/mol. The van der Waals surface area contributed by atoms with Crippen molar-refractivity contribution >= 4 is 27.1 Å². The third-order valence-corrected chi connectivity index (χ3v) is 8.42. The quantitative estimate of drug-likeness (QED) is 0.770. The highest BCUT2D eigenvalue weighted by molar-refractivity contribution is 8.04. The second-order valence-corrected chi connectivity index (χ2v) is 10.4. The molecule has 3 aliphatic rings. The van der Waals surface area contributed by atoms with Crippen molar-refractivity contribution in [3.63, 3.8) is 0 Å². The van der Waals surface area contributed by atoms with Gasteiger partial charge in [-0.3, -0.25) is 0 Å². The largest absolute Gasteiger partial charge is 0.394 e. The lowest BCUT2D eigenvalue weighted by atomic mass is 9.81. The van der Waals surface area contributed by atoms with Gasteiger partial charge in [-0.05, 0) is 54.3 Å². The maximum Gasteiger partial charge on any atom is 0.278 e. The molecule has 7 nitrogen and oxygen atoms in total. The summed E-state index contributed by atoms with van der Waals surface area (Å²) in [4.78, 5) is 10.3. The maximum absolute atomic E-state index is 13.8. The molecule has 5 rings (SSSR count). The van der Waals surface area contributed by atoms with Crippen molar-refractivity contribution in [2.45, 2.75) is 31.5 Å². The molecule has 1 unspecified atom stereocenters. The van der Waals surface area contributed by atoms with Gasteiger partial charge < -0.3 is 10.0 Å². The first-order chi connectivity index (χ1) is 15.3. The minimum Gasteiger partial charge on any atom is -0.394 e. The third-order valence-electron chi connectivity index (χ3n) is 6.72. The lowest BCUT2D eigenvalue weighted by Gasteiger charge is -2.44. The Labute approximate surface area is 187 Å². The molecule has 3 heterocycles. The van der Waals surface area contributed by atoms with Gasteiger partial charge in [-0.25, -0.2) is 22.8 Å². The van der Waals surface area contributed by atoms with E-state index >= 15 is 0 Å². The Balaban J connectivity index is 1.64. The summed E-state index contributed by atoms with van der Waals surface area (Å²) in [6.45, 7) is 2.04. The fraction of sp³-hybridized carbons (Fsp3) is 0.391. The predicted octanol–water partition coefficient (Wildman–Crippen LogP) is 2.83. The van der Waals surface area contributed by atoms with Gasteiger partial charge in [0, 0.05) is 31.4 Å². The number of aliphatic imine (C=N–C) groups is 2. The van der Waals surface area contributed by atoms with E-state index in [1.807, 2.05) is 36.2 Å². The van der Waals surface area contributed by atoms with Gasteiger partial charge in [-0.15, -0.1) is 0 Å². The van der Waals surface area contributed by atoms with Crippen LogP contribution in [0.5, 0.6) is 0 Å². The van der Waals surface area contributed by atoms with Crippen LogP contribution in [0.1, 0.15) is 24.9 Å². The molecule has 0 radical (unpaired) electrons. The van der Waals surface area contributed by atoms with Gasteiger partial charge in [-0.1, -0.05) is 18.2 Å². The molecule has 0 bridgehead atoms. The van der Waals surface area contributed by atoms with Crippen LogP contribution in [0.25, 0.3) is 11.1 Å². The molecule has 1 N–H and O–H groups in total. The minimum absolute atomic E-state index is 0.0766. The molecular weight excluding hydrogens is 431 g/mol. The van der Waals surface area contributed by atoms with Crippen LogP contribution in [-0.2, 0) is 10.0 Å². The molecule has 0 spiro atoms. The van der Waals surface area contributed by atoms with Gasteiger partial charge in [0.15, 0.2) is 0 Å². The number of likely N-dealkylation sites (N-methyl/N-ethyl adjacent to an activating group) is 1. The molecule has 9 heteroatoms. The third kappa shape index (κ3) is 3.27. The number of aliphatic hydroxyl groups is 1. The number of hydrogen-bond donors (Lipinski definition) is 1. The van der Waals surface area contributed by atoms with Crippen molar-refractivity contribution in [1.29, 1.82) is 0 Å². The van der Waals surface area contributed by atoms with Crippen molar-refractivity contribution in [3.8, 4) is 11.1 Å². The van der Waals surface area contributed by atoms with E-state index in [2.05, 4.69) is 9.98 Å². The first-order valence-corrected chi connectivity index (χ1v) is 12.1. The topological polar surface area (TPSA) is 85.6 Å². The summed E-state index contributed by atoms with van der Waals surface area (Å²) >= 11 is 0. The van der Waals surface area contributed by atoms with Crippen LogP contribution in [0, 0.1) is 11.7 Å². The van der Waals surface area contributed by atoms with Crippen LogP contribution in [-0.4, -0.2) is 61.5 Å². The van der Waals surface area contributed by atoms with Crippen LogP contribution in [0.15, 0.2) is 52.4 Å². The van der Waals surface area contributed by atoms with E-state index < -0.39 is 16.1 Å². The lowest BCUT2D eigenvalue weighted by Crippen LogP contribution is -2.48. The first kappa shape index (κ1) is 21.2. The number of anilines is 1. The summed E-state index contributed by atoms with van der Waals surface area (Å²) in [5, 5.41) is 9.97. The molecule has 2 aromatic rings. The van der Waals surface area contributed by atoms with Crippen LogP contribution in [0.4, 0.5) is 10.1 Å². The molecule has 1 fully saturated rings. The van der Waals surface area contributed by atoms with Gasteiger partial charge in [0.1, 0.15) is 5.82 Å². The molecule has 0 amide bonds. The maximum atomic E-state index is 13.8. The normalized spacial score (nSPS) is 27.4. The van der Waals surface area contributed by atoms with Gasteiger partial charge in [0.2, 0.25) is 0 Å². The van der Waals surface area contributed by atoms with Gasteiger partial charge in [-0.2, -0.15) is 4.31 Å². The molecule has 0 saturated carbocycles. The molecule has 32 heavy (non-hydrogen) atoms. The van der Waals surface area contributed by atoms with E-state index in [0.717, 1.165) is 22.4 Å². The number of nitrogens with zero attached hydrogens (tertiary/aromatic N) is 4. The second-order valence-electron chi connectivity index (χ2n) is 8.59. The van der Waals surface area contributed by atoms with E-state index in [-0.39, 0.29) is 35.6 Å². The molecule has 0 aromatic heterocycles. The van der Waals surface area contributed by atoms with Crippen LogP contribution in [0.3, 0.4) is 0 Å². The number of benzene rings is 2. The molecule has 1 saturated heterocycles. The van der Waals surface area contributed by atoms with E-state index in [1.165, 1.54) is 22.7 Å².